The molecule has 0 fully saturated rings. The molecule has 0 amide bonds. The van der Waals surface area contributed by atoms with E-state index in [-0.39, 0.29) is 0 Å². The van der Waals surface area contributed by atoms with Crippen molar-refractivity contribution in [1.29, 1.82) is 0 Å². The highest BCUT2D eigenvalue weighted by Crippen LogP contribution is 2.25. The van der Waals surface area contributed by atoms with Crippen LogP contribution in [0.25, 0.3) is 10.2 Å². The molecule has 0 bridgehead atoms. The maximum Gasteiger partial charge on any atom is 0.204 e. The number of anilines is 1. The molecule has 1 N–H and O–H groups in total. The number of para-hydroxylation sites is 1. The van der Waals surface area contributed by atoms with E-state index in [0.717, 1.165) is 26.7 Å². The Balaban J connectivity index is 1.75. The number of aryl methyl sites for hydroxylation is 1. The van der Waals surface area contributed by atoms with Gasteiger partial charge in [-0.15, -0.1) is 0 Å². The van der Waals surface area contributed by atoms with Gasteiger partial charge in [-0.2, -0.15) is 5.10 Å². The largest absolute Gasteiger partial charge is 0.253 e. The number of nitrogens with zero attached hydrogens (tertiary/aromatic N) is 3. The molecule has 0 aliphatic heterocycles. The van der Waals surface area contributed by atoms with Crippen molar-refractivity contribution in [3.05, 3.63) is 53.9 Å². The lowest BCUT2D eigenvalue weighted by atomic mass is 10.3. The van der Waals surface area contributed by atoms with E-state index in [1.165, 1.54) is 0 Å². The number of thiazole rings is 1. The van der Waals surface area contributed by atoms with E-state index in [1.807, 2.05) is 49.4 Å². The van der Waals surface area contributed by atoms with E-state index in [0.29, 0.717) is 0 Å². The molecule has 0 atom stereocenters. The zero-order chi connectivity index (χ0) is 13.1. The Hall–Kier alpha value is -2.27. The van der Waals surface area contributed by atoms with Crippen LogP contribution in [0.3, 0.4) is 0 Å². The van der Waals surface area contributed by atoms with Gasteiger partial charge in [-0.05, 0) is 31.2 Å². The van der Waals surface area contributed by atoms with Gasteiger partial charge in [-0.25, -0.2) is 4.98 Å². The third-order valence-corrected chi connectivity index (χ3v) is 3.50. The van der Waals surface area contributed by atoms with Crippen molar-refractivity contribution in [2.75, 3.05) is 5.43 Å². The van der Waals surface area contributed by atoms with Gasteiger partial charge in [-0.1, -0.05) is 29.5 Å². The summed E-state index contributed by atoms with van der Waals surface area (Å²) in [7, 11) is 0. The summed E-state index contributed by atoms with van der Waals surface area (Å²) < 4.78 is 1.15. The zero-order valence-electron chi connectivity index (χ0n) is 10.4. The second-order valence-electron chi connectivity index (χ2n) is 4.06. The number of fused-ring (bicyclic) bond motifs is 1. The summed E-state index contributed by atoms with van der Waals surface area (Å²) in [5.74, 6) is 0. The van der Waals surface area contributed by atoms with Crippen LogP contribution in [0, 0.1) is 6.92 Å². The molecule has 0 aliphatic rings. The summed E-state index contributed by atoms with van der Waals surface area (Å²) in [6.07, 6.45) is 1.69. The summed E-state index contributed by atoms with van der Waals surface area (Å²) in [6.45, 7) is 1.96. The minimum atomic E-state index is 0.783. The van der Waals surface area contributed by atoms with Crippen molar-refractivity contribution in [3.8, 4) is 0 Å². The van der Waals surface area contributed by atoms with Gasteiger partial charge in [0.05, 0.1) is 22.1 Å². The van der Waals surface area contributed by atoms with Crippen LogP contribution >= 0.6 is 11.3 Å². The fourth-order valence-corrected chi connectivity index (χ4v) is 2.53. The molecule has 94 valence electrons. The maximum absolute atomic E-state index is 4.43. The first-order chi connectivity index (χ1) is 9.31. The van der Waals surface area contributed by atoms with E-state index in [9.17, 15) is 0 Å². The number of aromatic nitrogens is 2. The van der Waals surface area contributed by atoms with Gasteiger partial charge in [0.15, 0.2) is 0 Å². The highest BCUT2D eigenvalue weighted by Gasteiger charge is 2.00. The molecule has 19 heavy (non-hydrogen) atoms. The van der Waals surface area contributed by atoms with E-state index >= 15 is 0 Å². The molecule has 3 aromatic rings. The van der Waals surface area contributed by atoms with Crippen molar-refractivity contribution in [2.24, 2.45) is 5.10 Å². The second kappa shape index (κ2) is 5.16. The van der Waals surface area contributed by atoms with Crippen LogP contribution in [-0.4, -0.2) is 16.2 Å². The molecule has 3 rings (SSSR count). The van der Waals surface area contributed by atoms with Crippen LogP contribution in [-0.2, 0) is 0 Å². The summed E-state index contributed by atoms with van der Waals surface area (Å²) in [4.78, 5) is 8.78. The Kier molecular flexibility index (Phi) is 3.20. The van der Waals surface area contributed by atoms with Gasteiger partial charge < -0.3 is 0 Å². The number of nitrogens with one attached hydrogen (secondary N) is 1. The van der Waals surface area contributed by atoms with E-state index < -0.39 is 0 Å². The summed E-state index contributed by atoms with van der Waals surface area (Å²) in [6, 6.07) is 13.8. The summed E-state index contributed by atoms with van der Waals surface area (Å²) >= 11 is 1.58. The van der Waals surface area contributed by atoms with Crippen LogP contribution in [0.4, 0.5) is 5.13 Å². The minimum Gasteiger partial charge on any atom is -0.253 e. The summed E-state index contributed by atoms with van der Waals surface area (Å²) in [5.41, 5.74) is 5.73. The molecule has 0 saturated carbocycles. The Morgan fingerprint density at radius 1 is 1.11 bits per heavy atom. The smallest absolute Gasteiger partial charge is 0.204 e. The molecule has 5 heteroatoms. The Morgan fingerprint density at radius 2 is 2.00 bits per heavy atom. The molecule has 0 unspecified atom stereocenters. The first-order valence-electron chi connectivity index (χ1n) is 5.89. The Labute approximate surface area is 114 Å². The zero-order valence-corrected chi connectivity index (χ0v) is 11.2. The van der Waals surface area contributed by atoms with Crippen LogP contribution in [0.2, 0.25) is 0 Å². The standard InChI is InChI=1S/C14H12N4S/c1-10-5-4-6-11(16-10)9-15-18-14-17-12-7-2-3-8-13(12)19-14/h2-9H,1H3,(H,17,18). The SMILES string of the molecule is Cc1cccc(C=NNc2nc3ccccc3s2)n1. The third-order valence-electron chi connectivity index (χ3n) is 2.56. The van der Waals surface area contributed by atoms with Gasteiger partial charge in [0.1, 0.15) is 0 Å². The molecule has 0 aliphatic carbocycles. The van der Waals surface area contributed by atoms with Gasteiger partial charge >= 0.3 is 0 Å². The number of hydrogen-bond acceptors (Lipinski definition) is 5. The Morgan fingerprint density at radius 3 is 2.84 bits per heavy atom. The monoisotopic (exact) mass is 268 g/mol. The molecule has 1 aromatic carbocycles. The number of hydrogen-bond donors (Lipinski definition) is 1. The number of benzene rings is 1. The van der Waals surface area contributed by atoms with E-state index in [2.05, 4.69) is 20.5 Å². The average molecular weight is 268 g/mol. The van der Waals surface area contributed by atoms with Gasteiger partial charge in [0, 0.05) is 5.69 Å². The number of hydrazone groups is 1. The highest BCUT2D eigenvalue weighted by atomic mass is 32.1. The first-order valence-corrected chi connectivity index (χ1v) is 6.71. The lowest BCUT2D eigenvalue weighted by Crippen LogP contribution is -1.93. The normalized spacial score (nSPS) is 11.2. The predicted molar refractivity (Wildman–Crippen MR) is 79.8 cm³/mol. The van der Waals surface area contributed by atoms with Crippen molar-refractivity contribution < 1.29 is 0 Å². The molecule has 0 spiro atoms. The molecule has 2 aromatic heterocycles. The highest BCUT2D eigenvalue weighted by molar-refractivity contribution is 7.22. The molecular formula is C14H12N4S. The van der Waals surface area contributed by atoms with Crippen LogP contribution < -0.4 is 5.43 Å². The fourth-order valence-electron chi connectivity index (χ4n) is 1.71. The van der Waals surface area contributed by atoms with Gasteiger partial charge in [0.25, 0.3) is 0 Å². The van der Waals surface area contributed by atoms with Crippen LogP contribution in [0.15, 0.2) is 47.6 Å². The lowest BCUT2D eigenvalue weighted by molar-refractivity contribution is 1.18. The number of pyridine rings is 1. The number of rotatable bonds is 3. The maximum atomic E-state index is 4.43. The average Bonchev–Trinajstić information content (AvgIpc) is 2.81. The molecule has 2 heterocycles. The van der Waals surface area contributed by atoms with E-state index in [4.69, 9.17) is 0 Å². The minimum absolute atomic E-state index is 0.783. The van der Waals surface area contributed by atoms with Crippen LogP contribution in [0.1, 0.15) is 11.4 Å². The molecular weight excluding hydrogens is 256 g/mol. The third kappa shape index (κ3) is 2.77. The van der Waals surface area contributed by atoms with Crippen molar-refractivity contribution >= 4 is 32.9 Å². The predicted octanol–water partition coefficient (Wildman–Crippen LogP) is 3.45. The summed E-state index contributed by atoms with van der Waals surface area (Å²) in [5, 5.41) is 4.94. The topological polar surface area (TPSA) is 50.2 Å². The Bertz CT molecular complexity index is 700. The van der Waals surface area contributed by atoms with Crippen LogP contribution in [0.5, 0.6) is 0 Å². The molecule has 4 nitrogen and oxygen atoms in total. The van der Waals surface area contributed by atoms with Crippen molar-refractivity contribution in [2.45, 2.75) is 6.92 Å². The van der Waals surface area contributed by atoms with Gasteiger partial charge in [-0.3, -0.25) is 10.4 Å². The molecule has 0 radical (unpaired) electrons. The van der Waals surface area contributed by atoms with Gasteiger partial charge in [0.2, 0.25) is 5.13 Å². The first kappa shape index (κ1) is 11.8. The van der Waals surface area contributed by atoms with E-state index in [1.54, 1.807) is 17.6 Å². The molecule has 0 saturated heterocycles. The quantitative estimate of drug-likeness (QED) is 0.584. The lowest BCUT2D eigenvalue weighted by Gasteiger charge is -1.95. The fraction of sp³-hybridized carbons (Fsp3) is 0.0714. The second-order valence-corrected chi connectivity index (χ2v) is 5.09. The van der Waals surface area contributed by atoms with Crippen molar-refractivity contribution in [3.63, 3.8) is 0 Å². The van der Waals surface area contributed by atoms with Crippen molar-refractivity contribution in [1.82, 2.24) is 9.97 Å².